The van der Waals surface area contributed by atoms with Gasteiger partial charge in [0.15, 0.2) is 5.78 Å². The number of morpholine rings is 1. The van der Waals surface area contributed by atoms with E-state index in [1.165, 1.54) is 0 Å². The number of benzene rings is 2. The van der Waals surface area contributed by atoms with Crippen molar-refractivity contribution in [3.05, 3.63) is 69.7 Å². The molecular weight excluding hydrogens is 394 g/mol. The van der Waals surface area contributed by atoms with Gasteiger partial charge in [-0.15, -0.1) is 0 Å². The van der Waals surface area contributed by atoms with E-state index in [4.69, 9.17) is 9.47 Å². The Balaban J connectivity index is 1.75. The molecule has 2 aromatic carbocycles. The van der Waals surface area contributed by atoms with Crippen molar-refractivity contribution in [2.75, 3.05) is 33.4 Å². The Morgan fingerprint density at radius 1 is 1.23 bits per heavy atom. The minimum atomic E-state index is -0.0168. The Hall–Kier alpha value is -1.95. The normalized spacial score (nSPS) is 15.3. The summed E-state index contributed by atoms with van der Waals surface area (Å²) in [6.45, 7) is 4.19. The third-order valence-electron chi connectivity index (χ3n) is 4.34. The van der Waals surface area contributed by atoms with Crippen molar-refractivity contribution in [2.45, 2.75) is 6.54 Å². The Labute approximate surface area is 162 Å². The molecule has 1 saturated heterocycles. The van der Waals surface area contributed by atoms with Crippen LogP contribution in [-0.2, 0) is 11.3 Å². The lowest BCUT2D eigenvalue weighted by atomic mass is 10.1. The lowest BCUT2D eigenvalue weighted by Gasteiger charge is -2.27. The van der Waals surface area contributed by atoms with Gasteiger partial charge in [-0.05, 0) is 35.9 Å². The number of ether oxygens (including phenoxy) is 2. The molecule has 0 bridgehead atoms. The molecule has 0 aromatic heterocycles. The van der Waals surface area contributed by atoms with Crippen LogP contribution >= 0.6 is 15.9 Å². The molecule has 0 atom stereocenters. The summed E-state index contributed by atoms with van der Waals surface area (Å²) in [7, 11) is 1.68. The zero-order valence-electron chi connectivity index (χ0n) is 14.8. The molecule has 26 heavy (non-hydrogen) atoms. The van der Waals surface area contributed by atoms with Crippen molar-refractivity contribution in [3.63, 3.8) is 0 Å². The van der Waals surface area contributed by atoms with Crippen LogP contribution in [0.25, 0.3) is 6.08 Å². The largest absolute Gasteiger partial charge is 0.496 e. The Kier molecular flexibility index (Phi) is 6.61. The van der Waals surface area contributed by atoms with Gasteiger partial charge >= 0.3 is 0 Å². The molecule has 0 radical (unpaired) electrons. The third kappa shape index (κ3) is 5.04. The topological polar surface area (TPSA) is 38.8 Å². The highest BCUT2D eigenvalue weighted by atomic mass is 79.9. The summed E-state index contributed by atoms with van der Waals surface area (Å²) in [6, 6.07) is 13.4. The number of hydrogen-bond donors (Lipinski definition) is 0. The SMILES string of the molecule is COc1ccc(/C=C/C(=O)c2cccc(Br)c2)cc1CN1CCOCC1. The van der Waals surface area contributed by atoms with E-state index in [1.54, 1.807) is 13.2 Å². The molecule has 4 nitrogen and oxygen atoms in total. The van der Waals surface area contributed by atoms with Crippen molar-refractivity contribution < 1.29 is 14.3 Å². The first-order chi connectivity index (χ1) is 12.7. The minimum absolute atomic E-state index is 0.0168. The van der Waals surface area contributed by atoms with Crippen molar-refractivity contribution in [3.8, 4) is 5.75 Å². The first-order valence-corrected chi connectivity index (χ1v) is 9.40. The molecule has 1 aliphatic heterocycles. The number of carbonyl (C=O) groups excluding carboxylic acids is 1. The lowest BCUT2D eigenvalue weighted by molar-refractivity contribution is 0.0339. The molecule has 0 N–H and O–H groups in total. The highest BCUT2D eigenvalue weighted by Gasteiger charge is 2.13. The Morgan fingerprint density at radius 2 is 2.04 bits per heavy atom. The molecule has 1 aliphatic rings. The standard InChI is InChI=1S/C21H22BrNO3/c1-25-21-8-6-16(13-18(21)15-23-9-11-26-12-10-23)5-7-20(24)17-3-2-4-19(22)14-17/h2-8,13-14H,9-12,15H2,1H3/b7-5+. The zero-order valence-corrected chi connectivity index (χ0v) is 16.4. The van der Waals surface area contributed by atoms with Crippen LogP contribution in [0.4, 0.5) is 0 Å². The monoisotopic (exact) mass is 415 g/mol. The van der Waals surface area contributed by atoms with Gasteiger partial charge in [-0.1, -0.05) is 40.2 Å². The summed E-state index contributed by atoms with van der Waals surface area (Å²) >= 11 is 3.40. The molecule has 0 aliphatic carbocycles. The smallest absolute Gasteiger partial charge is 0.185 e. The van der Waals surface area contributed by atoms with E-state index in [1.807, 2.05) is 42.5 Å². The van der Waals surface area contributed by atoms with E-state index >= 15 is 0 Å². The second-order valence-corrected chi connectivity index (χ2v) is 7.08. The van der Waals surface area contributed by atoms with Gasteiger partial charge in [-0.25, -0.2) is 0 Å². The second kappa shape index (κ2) is 9.12. The number of hydrogen-bond acceptors (Lipinski definition) is 4. The third-order valence-corrected chi connectivity index (χ3v) is 4.83. The van der Waals surface area contributed by atoms with Gasteiger partial charge in [-0.3, -0.25) is 9.69 Å². The highest BCUT2D eigenvalue weighted by Crippen LogP contribution is 2.23. The van der Waals surface area contributed by atoms with Gasteiger partial charge in [0.05, 0.1) is 20.3 Å². The van der Waals surface area contributed by atoms with Crippen molar-refractivity contribution in [1.82, 2.24) is 4.90 Å². The first-order valence-electron chi connectivity index (χ1n) is 8.61. The summed E-state index contributed by atoms with van der Waals surface area (Å²) < 4.78 is 11.8. The molecule has 1 heterocycles. The van der Waals surface area contributed by atoms with E-state index in [-0.39, 0.29) is 5.78 Å². The van der Waals surface area contributed by atoms with Gasteiger partial charge in [0.1, 0.15) is 5.75 Å². The number of nitrogens with zero attached hydrogens (tertiary/aromatic N) is 1. The Morgan fingerprint density at radius 3 is 2.77 bits per heavy atom. The fraction of sp³-hybridized carbons (Fsp3) is 0.286. The van der Waals surface area contributed by atoms with Gasteiger partial charge < -0.3 is 9.47 Å². The average molecular weight is 416 g/mol. The van der Waals surface area contributed by atoms with Crippen molar-refractivity contribution >= 4 is 27.8 Å². The van der Waals surface area contributed by atoms with Crippen LogP contribution in [-0.4, -0.2) is 44.1 Å². The quantitative estimate of drug-likeness (QED) is 0.523. The van der Waals surface area contributed by atoms with E-state index in [0.717, 1.165) is 54.2 Å². The summed E-state index contributed by atoms with van der Waals surface area (Å²) in [5.74, 6) is 0.851. The van der Waals surface area contributed by atoms with Gasteiger partial charge in [0.2, 0.25) is 0 Å². The van der Waals surface area contributed by atoms with Crippen LogP contribution in [0.1, 0.15) is 21.5 Å². The molecule has 0 amide bonds. The van der Waals surface area contributed by atoms with Crippen LogP contribution in [0.3, 0.4) is 0 Å². The summed E-state index contributed by atoms with van der Waals surface area (Å²) in [4.78, 5) is 14.7. The van der Waals surface area contributed by atoms with Crippen LogP contribution in [0, 0.1) is 0 Å². The molecule has 136 valence electrons. The predicted octanol–water partition coefficient (Wildman–Crippen LogP) is 4.19. The summed E-state index contributed by atoms with van der Waals surface area (Å²) in [5, 5.41) is 0. The van der Waals surface area contributed by atoms with E-state index in [9.17, 15) is 4.79 Å². The number of ketones is 1. The maximum absolute atomic E-state index is 12.3. The van der Waals surface area contributed by atoms with E-state index in [0.29, 0.717) is 5.56 Å². The number of carbonyl (C=O) groups is 1. The Bertz CT molecular complexity index is 798. The summed E-state index contributed by atoms with van der Waals surface area (Å²) in [6.07, 6.45) is 3.47. The van der Waals surface area contributed by atoms with Gasteiger partial charge in [-0.2, -0.15) is 0 Å². The number of methoxy groups -OCH3 is 1. The number of allylic oxidation sites excluding steroid dienone is 1. The van der Waals surface area contributed by atoms with Crippen LogP contribution in [0.15, 0.2) is 53.0 Å². The van der Waals surface area contributed by atoms with E-state index < -0.39 is 0 Å². The van der Waals surface area contributed by atoms with Gasteiger partial charge in [0, 0.05) is 35.2 Å². The maximum Gasteiger partial charge on any atom is 0.185 e. The fourth-order valence-electron chi connectivity index (χ4n) is 2.94. The van der Waals surface area contributed by atoms with Crippen LogP contribution < -0.4 is 4.74 Å². The van der Waals surface area contributed by atoms with E-state index in [2.05, 4.69) is 26.9 Å². The minimum Gasteiger partial charge on any atom is -0.496 e. The molecule has 1 fully saturated rings. The van der Waals surface area contributed by atoms with Crippen molar-refractivity contribution in [2.24, 2.45) is 0 Å². The van der Waals surface area contributed by atoms with Crippen LogP contribution in [0.5, 0.6) is 5.75 Å². The van der Waals surface area contributed by atoms with Crippen molar-refractivity contribution in [1.29, 1.82) is 0 Å². The average Bonchev–Trinajstić information content (AvgIpc) is 2.67. The molecule has 2 aromatic rings. The molecule has 0 unspecified atom stereocenters. The lowest BCUT2D eigenvalue weighted by Crippen LogP contribution is -2.35. The molecular formula is C21H22BrNO3. The fourth-order valence-corrected chi connectivity index (χ4v) is 3.34. The zero-order chi connectivity index (χ0) is 18.4. The first kappa shape index (κ1) is 18.8. The number of halogens is 1. The number of rotatable bonds is 6. The predicted molar refractivity (Wildman–Crippen MR) is 107 cm³/mol. The summed E-state index contributed by atoms with van der Waals surface area (Å²) in [5.41, 5.74) is 2.77. The maximum atomic E-state index is 12.3. The molecule has 0 spiro atoms. The van der Waals surface area contributed by atoms with Crippen LogP contribution in [0.2, 0.25) is 0 Å². The molecule has 0 saturated carbocycles. The molecule has 3 rings (SSSR count). The molecule has 5 heteroatoms. The van der Waals surface area contributed by atoms with Gasteiger partial charge in [0.25, 0.3) is 0 Å². The second-order valence-electron chi connectivity index (χ2n) is 6.17. The highest BCUT2D eigenvalue weighted by molar-refractivity contribution is 9.10.